The van der Waals surface area contributed by atoms with Gasteiger partial charge in [0.05, 0.1) is 0 Å². The number of hydrogen-bond acceptors (Lipinski definition) is 3. The second-order valence-electron chi connectivity index (χ2n) is 5.39. The molecule has 0 fully saturated rings. The van der Waals surface area contributed by atoms with Crippen LogP contribution in [0.4, 0.5) is 4.79 Å². The van der Waals surface area contributed by atoms with E-state index in [1.54, 1.807) is 11.1 Å². The molecular formula is C13H17BrN2O2. The monoisotopic (exact) mass is 312 g/mol. The average Bonchev–Trinajstić information content (AvgIpc) is 2.26. The van der Waals surface area contributed by atoms with Crippen LogP contribution >= 0.6 is 15.9 Å². The topological polar surface area (TPSA) is 42.4 Å². The Labute approximate surface area is 115 Å². The predicted octanol–water partition coefficient (Wildman–Crippen LogP) is 3.14. The number of hydrogen-bond donors (Lipinski definition) is 0. The van der Waals surface area contributed by atoms with Crippen LogP contribution in [0.3, 0.4) is 0 Å². The highest BCUT2D eigenvalue weighted by atomic mass is 79.9. The maximum absolute atomic E-state index is 12.0. The van der Waals surface area contributed by atoms with Gasteiger partial charge in [-0.3, -0.25) is 0 Å². The van der Waals surface area contributed by atoms with E-state index in [4.69, 9.17) is 4.74 Å². The number of ether oxygens (including phenoxy) is 1. The molecule has 2 heterocycles. The number of carbonyl (C=O) groups is 1. The summed E-state index contributed by atoms with van der Waals surface area (Å²) in [6, 6.07) is 1.95. The Hall–Kier alpha value is -1.10. The van der Waals surface area contributed by atoms with Crippen LogP contribution < -0.4 is 0 Å². The highest BCUT2D eigenvalue weighted by Crippen LogP contribution is 2.25. The number of nitrogens with zero attached hydrogens (tertiary/aromatic N) is 2. The molecule has 0 spiro atoms. The van der Waals surface area contributed by atoms with E-state index in [-0.39, 0.29) is 6.09 Å². The smallest absolute Gasteiger partial charge is 0.410 e. The first-order chi connectivity index (χ1) is 8.37. The SMILES string of the molecule is CC(C)(C)OC(=O)N1CCc2c(ccnc2Br)C1. The summed E-state index contributed by atoms with van der Waals surface area (Å²) < 4.78 is 6.26. The van der Waals surface area contributed by atoms with Crippen LogP contribution in [0.25, 0.3) is 0 Å². The predicted molar refractivity (Wildman–Crippen MR) is 72.3 cm³/mol. The fourth-order valence-corrected chi connectivity index (χ4v) is 2.50. The van der Waals surface area contributed by atoms with Gasteiger partial charge in [-0.05, 0) is 60.3 Å². The lowest BCUT2D eigenvalue weighted by Crippen LogP contribution is -2.40. The van der Waals surface area contributed by atoms with Gasteiger partial charge in [-0.25, -0.2) is 9.78 Å². The Morgan fingerprint density at radius 3 is 2.89 bits per heavy atom. The number of pyridine rings is 1. The molecule has 0 saturated carbocycles. The van der Waals surface area contributed by atoms with E-state index in [0.717, 1.165) is 16.6 Å². The summed E-state index contributed by atoms with van der Waals surface area (Å²) >= 11 is 3.44. The summed E-state index contributed by atoms with van der Waals surface area (Å²) in [5.74, 6) is 0. The second kappa shape index (κ2) is 4.88. The molecule has 1 aromatic heterocycles. The van der Waals surface area contributed by atoms with Crippen LogP contribution in [-0.2, 0) is 17.7 Å². The quantitative estimate of drug-likeness (QED) is 0.691. The van der Waals surface area contributed by atoms with E-state index >= 15 is 0 Å². The molecule has 0 N–H and O–H groups in total. The Balaban J connectivity index is 2.11. The molecule has 4 nitrogen and oxygen atoms in total. The van der Waals surface area contributed by atoms with E-state index in [2.05, 4.69) is 20.9 Å². The zero-order chi connectivity index (χ0) is 13.3. The van der Waals surface area contributed by atoms with Crippen LogP contribution in [0.2, 0.25) is 0 Å². The molecule has 98 valence electrons. The van der Waals surface area contributed by atoms with Gasteiger partial charge in [0.1, 0.15) is 10.2 Å². The van der Waals surface area contributed by atoms with Crippen molar-refractivity contribution in [3.63, 3.8) is 0 Å². The van der Waals surface area contributed by atoms with Crippen LogP contribution in [-0.4, -0.2) is 28.1 Å². The van der Waals surface area contributed by atoms with Gasteiger partial charge in [0.15, 0.2) is 0 Å². The molecule has 0 radical (unpaired) electrons. The Morgan fingerprint density at radius 1 is 1.50 bits per heavy atom. The van der Waals surface area contributed by atoms with Gasteiger partial charge < -0.3 is 9.64 Å². The molecule has 5 heteroatoms. The summed E-state index contributed by atoms with van der Waals surface area (Å²) in [4.78, 5) is 17.9. The minimum Gasteiger partial charge on any atom is -0.444 e. The van der Waals surface area contributed by atoms with Gasteiger partial charge in [0.2, 0.25) is 0 Å². The molecule has 18 heavy (non-hydrogen) atoms. The third kappa shape index (κ3) is 3.02. The molecule has 0 atom stereocenters. The van der Waals surface area contributed by atoms with Crippen LogP contribution in [0.5, 0.6) is 0 Å². The molecule has 0 aliphatic carbocycles. The minimum atomic E-state index is -0.448. The summed E-state index contributed by atoms with van der Waals surface area (Å²) in [6.07, 6.45) is 2.31. The van der Waals surface area contributed by atoms with Crippen molar-refractivity contribution >= 4 is 22.0 Å². The molecule has 1 aliphatic heterocycles. The molecule has 1 aromatic rings. The zero-order valence-corrected chi connectivity index (χ0v) is 12.5. The Bertz CT molecular complexity index is 469. The molecule has 2 rings (SSSR count). The second-order valence-corrected chi connectivity index (χ2v) is 6.14. The van der Waals surface area contributed by atoms with Crippen molar-refractivity contribution < 1.29 is 9.53 Å². The third-order valence-electron chi connectivity index (χ3n) is 2.74. The van der Waals surface area contributed by atoms with Gasteiger partial charge in [-0.15, -0.1) is 0 Å². The van der Waals surface area contributed by atoms with Gasteiger partial charge in [-0.2, -0.15) is 0 Å². The lowest BCUT2D eigenvalue weighted by atomic mass is 10.0. The molecular weight excluding hydrogens is 296 g/mol. The number of halogens is 1. The normalized spacial score (nSPS) is 15.2. The lowest BCUT2D eigenvalue weighted by molar-refractivity contribution is 0.0223. The summed E-state index contributed by atoms with van der Waals surface area (Å²) in [7, 11) is 0. The van der Waals surface area contributed by atoms with Crippen LogP contribution in [0.1, 0.15) is 31.9 Å². The molecule has 0 aromatic carbocycles. The average molecular weight is 313 g/mol. The van der Waals surface area contributed by atoms with Crippen molar-refractivity contribution in [2.45, 2.75) is 39.3 Å². The van der Waals surface area contributed by atoms with E-state index in [1.807, 2.05) is 26.8 Å². The molecule has 0 bridgehead atoms. The number of carbonyl (C=O) groups excluding carboxylic acids is 1. The fourth-order valence-electron chi connectivity index (χ4n) is 1.93. The van der Waals surface area contributed by atoms with Crippen molar-refractivity contribution in [1.82, 2.24) is 9.88 Å². The van der Waals surface area contributed by atoms with Crippen molar-refractivity contribution in [3.05, 3.63) is 28.0 Å². The van der Waals surface area contributed by atoms with E-state index in [0.29, 0.717) is 13.1 Å². The maximum atomic E-state index is 12.0. The Kier molecular flexibility index (Phi) is 3.61. The maximum Gasteiger partial charge on any atom is 0.410 e. The minimum absolute atomic E-state index is 0.249. The molecule has 1 amide bonds. The number of fused-ring (bicyclic) bond motifs is 1. The first-order valence-electron chi connectivity index (χ1n) is 5.97. The Morgan fingerprint density at radius 2 is 2.22 bits per heavy atom. The standard InChI is InChI=1S/C13H17BrN2O2/c1-13(2,3)18-12(17)16-7-5-10-9(8-16)4-6-15-11(10)14/h4,6H,5,7-8H2,1-3H3. The number of aromatic nitrogens is 1. The van der Waals surface area contributed by atoms with Crippen molar-refractivity contribution in [2.75, 3.05) is 6.54 Å². The van der Waals surface area contributed by atoms with Gasteiger partial charge >= 0.3 is 6.09 Å². The highest BCUT2D eigenvalue weighted by Gasteiger charge is 2.26. The first kappa shape index (κ1) is 13.3. The fraction of sp³-hybridized carbons (Fsp3) is 0.538. The van der Waals surface area contributed by atoms with Crippen LogP contribution in [0, 0.1) is 0 Å². The van der Waals surface area contributed by atoms with E-state index in [1.165, 1.54) is 5.56 Å². The molecule has 1 aliphatic rings. The molecule has 0 saturated heterocycles. The van der Waals surface area contributed by atoms with Gasteiger partial charge in [-0.1, -0.05) is 0 Å². The largest absolute Gasteiger partial charge is 0.444 e. The van der Waals surface area contributed by atoms with Crippen molar-refractivity contribution in [2.24, 2.45) is 0 Å². The van der Waals surface area contributed by atoms with Gasteiger partial charge in [0, 0.05) is 19.3 Å². The molecule has 0 unspecified atom stereocenters. The summed E-state index contributed by atoms with van der Waals surface area (Å²) in [5.41, 5.74) is 1.88. The number of rotatable bonds is 0. The van der Waals surface area contributed by atoms with E-state index in [9.17, 15) is 4.79 Å². The van der Waals surface area contributed by atoms with Crippen molar-refractivity contribution in [1.29, 1.82) is 0 Å². The third-order valence-corrected chi connectivity index (χ3v) is 3.43. The first-order valence-corrected chi connectivity index (χ1v) is 6.76. The van der Waals surface area contributed by atoms with Crippen molar-refractivity contribution in [3.8, 4) is 0 Å². The lowest BCUT2D eigenvalue weighted by Gasteiger charge is -2.31. The van der Waals surface area contributed by atoms with Crippen LogP contribution in [0.15, 0.2) is 16.9 Å². The van der Waals surface area contributed by atoms with E-state index < -0.39 is 5.60 Å². The summed E-state index contributed by atoms with van der Waals surface area (Å²) in [6.45, 7) is 6.90. The highest BCUT2D eigenvalue weighted by molar-refractivity contribution is 9.10. The summed E-state index contributed by atoms with van der Waals surface area (Å²) in [5, 5.41) is 0. The van der Waals surface area contributed by atoms with Gasteiger partial charge in [0.25, 0.3) is 0 Å². The zero-order valence-electron chi connectivity index (χ0n) is 10.9. The number of amides is 1.